The van der Waals surface area contributed by atoms with Crippen molar-refractivity contribution in [1.29, 1.82) is 0 Å². The Bertz CT molecular complexity index is 1260. The summed E-state index contributed by atoms with van der Waals surface area (Å²) in [7, 11) is 0. The molecule has 1 aliphatic carbocycles. The highest BCUT2D eigenvalue weighted by Crippen LogP contribution is 2.29. The maximum Gasteiger partial charge on any atom is 0.273 e. The van der Waals surface area contributed by atoms with Crippen LogP contribution in [0.4, 0.5) is 8.78 Å². The molecule has 0 spiro atoms. The van der Waals surface area contributed by atoms with Crippen LogP contribution in [-0.4, -0.2) is 57.2 Å². The summed E-state index contributed by atoms with van der Waals surface area (Å²) >= 11 is 0. The third-order valence-electron chi connectivity index (χ3n) is 7.45. The smallest absolute Gasteiger partial charge is 0.273 e. The summed E-state index contributed by atoms with van der Waals surface area (Å²) in [6, 6.07) is 3.86. The van der Waals surface area contributed by atoms with Crippen molar-refractivity contribution in [3.63, 3.8) is 0 Å². The summed E-state index contributed by atoms with van der Waals surface area (Å²) < 4.78 is 37.4. The molecule has 1 saturated heterocycles. The first kappa shape index (κ1) is 26.0. The van der Waals surface area contributed by atoms with Crippen molar-refractivity contribution in [2.45, 2.75) is 63.6 Å². The minimum atomic E-state index is -0.823. The molecule has 2 amide bonds. The second kappa shape index (κ2) is 11.4. The lowest BCUT2D eigenvalue weighted by Gasteiger charge is -2.43. The van der Waals surface area contributed by atoms with E-state index in [9.17, 15) is 18.4 Å². The van der Waals surface area contributed by atoms with E-state index in [1.54, 1.807) is 6.92 Å². The van der Waals surface area contributed by atoms with E-state index in [2.05, 4.69) is 30.8 Å². The Morgan fingerprint density at radius 2 is 1.92 bits per heavy atom. The first-order valence-corrected chi connectivity index (χ1v) is 12.9. The van der Waals surface area contributed by atoms with E-state index in [0.717, 1.165) is 31.5 Å². The van der Waals surface area contributed by atoms with E-state index in [-0.39, 0.29) is 22.9 Å². The average Bonchev–Trinajstić information content (AvgIpc) is 3.63. The van der Waals surface area contributed by atoms with Crippen molar-refractivity contribution in [1.82, 2.24) is 30.8 Å². The largest absolute Gasteiger partial charge is 0.355 e. The molecular weight excluding hydrogens is 498 g/mol. The Labute approximate surface area is 218 Å². The molecule has 1 saturated carbocycles. The molecule has 2 aliphatic rings. The van der Waals surface area contributed by atoms with Gasteiger partial charge in [-0.15, -0.1) is 0 Å². The van der Waals surface area contributed by atoms with Crippen molar-refractivity contribution in [2.75, 3.05) is 13.1 Å². The zero-order valence-corrected chi connectivity index (χ0v) is 21.0. The van der Waals surface area contributed by atoms with Gasteiger partial charge in [-0.05, 0) is 38.3 Å². The summed E-state index contributed by atoms with van der Waals surface area (Å²) in [5, 5.41) is 13.5. The van der Waals surface area contributed by atoms with Gasteiger partial charge in [-0.2, -0.15) is 4.98 Å². The van der Waals surface area contributed by atoms with Gasteiger partial charge in [0.05, 0.1) is 17.5 Å². The lowest BCUT2D eigenvalue weighted by atomic mass is 9.86. The fraction of sp³-hybridized carbons (Fsp3) is 0.500. The van der Waals surface area contributed by atoms with Gasteiger partial charge in [0.25, 0.3) is 5.91 Å². The molecule has 2 aromatic heterocycles. The molecule has 10 nitrogen and oxygen atoms in total. The highest BCUT2D eigenvalue weighted by molar-refractivity contribution is 5.94. The summed E-state index contributed by atoms with van der Waals surface area (Å²) in [4.78, 5) is 32.9. The summed E-state index contributed by atoms with van der Waals surface area (Å²) in [6.07, 6.45) is 7.58. The number of rotatable bonds is 7. The number of hydrogen-bond acceptors (Lipinski definition) is 8. The number of hydrogen-bond donors (Lipinski definition) is 2. The zero-order valence-electron chi connectivity index (χ0n) is 21.0. The fourth-order valence-electron chi connectivity index (χ4n) is 5.39. The van der Waals surface area contributed by atoms with Crippen LogP contribution in [0.15, 0.2) is 39.7 Å². The predicted octanol–water partition coefficient (Wildman–Crippen LogP) is 3.63. The molecule has 38 heavy (non-hydrogen) atoms. The van der Waals surface area contributed by atoms with Crippen LogP contribution in [0.5, 0.6) is 0 Å². The molecule has 202 valence electrons. The van der Waals surface area contributed by atoms with Gasteiger partial charge in [-0.25, -0.2) is 8.78 Å². The van der Waals surface area contributed by atoms with Crippen molar-refractivity contribution in [3.8, 4) is 11.3 Å². The number of carbonyl (C=O) groups excluding carboxylic acids is 2. The van der Waals surface area contributed by atoms with Crippen LogP contribution in [0, 0.1) is 17.6 Å². The maximum absolute atomic E-state index is 14.2. The second-order valence-electron chi connectivity index (χ2n) is 9.98. The molecule has 3 heterocycles. The molecule has 0 bridgehead atoms. The van der Waals surface area contributed by atoms with Crippen molar-refractivity contribution < 1.29 is 27.4 Å². The SMILES string of the molecule is C[C@H](NC(=O)[C@H]1CN(C2CCCCC2)CC[C@@H]1NC(=O)c1cc(-c2ccc(F)cc2F)on1)c1ncon1. The van der Waals surface area contributed by atoms with Gasteiger partial charge >= 0.3 is 0 Å². The van der Waals surface area contributed by atoms with Gasteiger partial charge in [-0.1, -0.05) is 29.6 Å². The normalized spacial score (nSPS) is 21.7. The summed E-state index contributed by atoms with van der Waals surface area (Å²) in [5.74, 6) is -2.46. The first-order valence-electron chi connectivity index (χ1n) is 12.9. The third kappa shape index (κ3) is 5.74. The molecule has 3 atom stereocenters. The molecule has 1 aliphatic heterocycles. The van der Waals surface area contributed by atoms with Crippen LogP contribution in [0.1, 0.15) is 67.8 Å². The number of piperidine rings is 1. The van der Waals surface area contributed by atoms with E-state index in [0.29, 0.717) is 24.8 Å². The number of aromatic nitrogens is 3. The zero-order chi connectivity index (χ0) is 26.6. The average molecular weight is 529 g/mol. The molecular formula is C26H30F2N6O4. The molecule has 5 rings (SSSR count). The van der Waals surface area contributed by atoms with E-state index in [1.165, 1.54) is 37.8 Å². The number of benzene rings is 1. The highest BCUT2D eigenvalue weighted by atomic mass is 19.1. The van der Waals surface area contributed by atoms with Crippen molar-refractivity contribution in [2.24, 2.45) is 5.92 Å². The van der Waals surface area contributed by atoms with E-state index in [1.807, 2.05) is 0 Å². The van der Waals surface area contributed by atoms with Crippen LogP contribution in [0.2, 0.25) is 0 Å². The van der Waals surface area contributed by atoms with Gasteiger partial charge in [0, 0.05) is 37.3 Å². The Morgan fingerprint density at radius 1 is 1.11 bits per heavy atom. The number of nitrogens with zero attached hydrogens (tertiary/aromatic N) is 4. The number of likely N-dealkylation sites (tertiary alicyclic amines) is 1. The van der Waals surface area contributed by atoms with Crippen LogP contribution < -0.4 is 10.6 Å². The molecule has 0 radical (unpaired) electrons. The van der Waals surface area contributed by atoms with E-state index in [4.69, 9.17) is 9.05 Å². The van der Waals surface area contributed by atoms with Crippen LogP contribution in [-0.2, 0) is 4.79 Å². The lowest BCUT2D eigenvalue weighted by molar-refractivity contribution is -0.128. The minimum absolute atomic E-state index is 0.00278. The Kier molecular flexibility index (Phi) is 7.77. The molecule has 1 aromatic carbocycles. The highest BCUT2D eigenvalue weighted by Gasteiger charge is 2.38. The van der Waals surface area contributed by atoms with Crippen LogP contribution in [0.25, 0.3) is 11.3 Å². The summed E-state index contributed by atoms with van der Waals surface area (Å²) in [6.45, 7) is 3.03. The number of nitrogens with one attached hydrogen (secondary N) is 2. The Hall–Kier alpha value is -3.67. The predicted molar refractivity (Wildman–Crippen MR) is 131 cm³/mol. The molecule has 12 heteroatoms. The monoisotopic (exact) mass is 528 g/mol. The molecule has 3 aromatic rings. The van der Waals surface area contributed by atoms with Crippen LogP contribution >= 0.6 is 0 Å². The topological polar surface area (TPSA) is 126 Å². The van der Waals surface area contributed by atoms with Crippen LogP contribution in [0.3, 0.4) is 0 Å². The standard InChI is InChI=1S/C26H30F2N6O4/c1-15(24-29-14-37-33-24)30-25(35)19-13-34(17-5-3-2-4-6-17)10-9-21(19)31-26(36)22-12-23(38-32-22)18-8-7-16(27)11-20(18)28/h7-8,11-12,14-15,17,19,21H,2-6,9-10,13H2,1H3,(H,30,35)(H,31,36)/t15-,19-,21-/m0/s1. The Balaban J connectivity index is 1.30. The first-order chi connectivity index (χ1) is 18.4. The molecule has 2 N–H and O–H groups in total. The van der Waals surface area contributed by atoms with Crippen molar-refractivity contribution in [3.05, 3.63) is 53.8 Å². The quantitative estimate of drug-likeness (QED) is 0.476. The van der Waals surface area contributed by atoms with Gasteiger partial charge < -0.3 is 19.7 Å². The lowest BCUT2D eigenvalue weighted by Crippen LogP contribution is -2.58. The third-order valence-corrected chi connectivity index (χ3v) is 7.45. The fourth-order valence-corrected chi connectivity index (χ4v) is 5.39. The second-order valence-corrected chi connectivity index (χ2v) is 9.98. The van der Waals surface area contributed by atoms with Gasteiger partial charge in [0.1, 0.15) is 11.6 Å². The molecule has 2 fully saturated rings. The summed E-state index contributed by atoms with van der Waals surface area (Å²) in [5.41, 5.74) is -0.0655. The Morgan fingerprint density at radius 3 is 2.66 bits per heavy atom. The van der Waals surface area contributed by atoms with E-state index < -0.39 is 35.5 Å². The van der Waals surface area contributed by atoms with Gasteiger partial charge in [-0.3, -0.25) is 14.5 Å². The van der Waals surface area contributed by atoms with Crippen molar-refractivity contribution >= 4 is 11.8 Å². The minimum Gasteiger partial charge on any atom is -0.355 e. The number of amides is 2. The van der Waals surface area contributed by atoms with E-state index >= 15 is 0 Å². The van der Waals surface area contributed by atoms with Gasteiger partial charge in [0.15, 0.2) is 17.3 Å². The van der Waals surface area contributed by atoms with Gasteiger partial charge in [0.2, 0.25) is 12.3 Å². The maximum atomic E-state index is 14.2. The number of carbonyl (C=O) groups is 2. The molecule has 0 unspecified atom stereocenters. The number of halogens is 2.